The van der Waals surface area contributed by atoms with Gasteiger partial charge in [0.1, 0.15) is 0 Å². The van der Waals surface area contributed by atoms with Crippen LogP contribution in [0.3, 0.4) is 0 Å². The molecule has 1 rings (SSSR count). The average Bonchev–Trinajstić information content (AvgIpc) is 2.12. The van der Waals surface area contributed by atoms with E-state index in [9.17, 15) is 0 Å². The van der Waals surface area contributed by atoms with Gasteiger partial charge in [-0.2, -0.15) is 0 Å². The molecule has 1 aromatic rings. The highest BCUT2D eigenvalue weighted by Gasteiger charge is 1.96. The molecule has 13 heavy (non-hydrogen) atoms. The second-order valence-electron chi connectivity index (χ2n) is 3.26. The molecule has 0 fully saturated rings. The smallest absolute Gasteiger partial charge is 0.0205 e. The van der Waals surface area contributed by atoms with Gasteiger partial charge in [-0.15, -0.1) is 0 Å². The maximum absolute atomic E-state index is 3.49. The third-order valence-electron chi connectivity index (χ3n) is 1.98. The van der Waals surface area contributed by atoms with Crippen LogP contribution in [-0.4, -0.2) is 6.54 Å². The molecule has 2 heteroatoms. The lowest BCUT2D eigenvalue weighted by atomic mass is 10.1. The molecule has 72 valence electrons. The van der Waals surface area contributed by atoms with Gasteiger partial charge >= 0.3 is 0 Å². The van der Waals surface area contributed by atoms with Crippen molar-refractivity contribution in [3.63, 3.8) is 0 Å². The lowest BCUT2D eigenvalue weighted by molar-refractivity contribution is 0.675. The lowest BCUT2D eigenvalue weighted by Gasteiger charge is -2.05. The maximum atomic E-state index is 3.49. The molecule has 0 amide bonds. The molecular weight excluding hydrogens is 226 g/mol. The molecule has 0 bridgehead atoms. The Balaban J connectivity index is 2.53. The van der Waals surface area contributed by atoms with Crippen molar-refractivity contribution in [1.82, 2.24) is 5.32 Å². The van der Waals surface area contributed by atoms with Crippen molar-refractivity contribution in [3.05, 3.63) is 33.8 Å². The highest BCUT2D eigenvalue weighted by molar-refractivity contribution is 9.10. The SMILES string of the molecule is CCCNCc1ccc(Br)c(C)c1. The van der Waals surface area contributed by atoms with E-state index in [1.807, 2.05) is 0 Å². The lowest BCUT2D eigenvalue weighted by Crippen LogP contribution is -2.13. The van der Waals surface area contributed by atoms with Gasteiger partial charge in [-0.05, 0) is 37.1 Å². The minimum atomic E-state index is 0.974. The average molecular weight is 242 g/mol. The Morgan fingerprint density at radius 3 is 2.77 bits per heavy atom. The van der Waals surface area contributed by atoms with E-state index in [4.69, 9.17) is 0 Å². The molecule has 1 aromatic carbocycles. The van der Waals surface area contributed by atoms with Crippen LogP contribution >= 0.6 is 15.9 Å². The fourth-order valence-electron chi connectivity index (χ4n) is 1.23. The zero-order chi connectivity index (χ0) is 9.68. The van der Waals surface area contributed by atoms with Gasteiger partial charge in [0.2, 0.25) is 0 Å². The number of rotatable bonds is 4. The molecule has 0 saturated carbocycles. The van der Waals surface area contributed by atoms with E-state index in [2.05, 4.69) is 53.3 Å². The van der Waals surface area contributed by atoms with E-state index in [0.717, 1.165) is 13.1 Å². The fraction of sp³-hybridized carbons (Fsp3) is 0.455. The summed E-state index contributed by atoms with van der Waals surface area (Å²) < 4.78 is 1.19. The number of halogens is 1. The van der Waals surface area contributed by atoms with Crippen molar-refractivity contribution >= 4 is 15.9 Å². The number of aryl methyl sites for hydroxylation is 1. The second-order valence-corrected chi connectivity index (χ2v) is 4.11. The van der Waals surface area contributed by atoms with Crippen molar-refractivity contribution in [1.29, 1.82) is 0 Å². The molecule has 0 aromatic heterocycles. The molecule has 0 heterocycles. The summed E-state index contributed by atoms with van der Waals surface area (Å²) in [6.45, 7) is 6.37. The van der Waals surface area contributed by atoms with Crippen molar-refractivity contribution in [2.75, 3.05) is 6.54 Å². The van der Waals surface area contributed by atoms with Crippen LogP contribution in [0.25, 0.3) is 0 Å². The number of hydrogen-bond donors (Lipinski definition) is 1. The van der Waals surface area contributed by atoms with E-state index in [-0.39, 0.29) is 0 Å². The van der Waals surface area contributed by atoms with Gasteiger partial charge in [-0.1, -0.05) is 35.0 Å². The maximum Gasteiger partial charge on any atom is 0.0205 e. The summed E-state index contributed by atoms with van der Waals surface area (Å²) >= 11 is 3.49. The van der Waals surface area contributed by atoms with Crippen molar-refractivity contribution < 1.29 is 0 Å². The summed E-state index contributed by atoms with van der Waals surface area (Å²) in [5.41, 5.74) is 2.66. The van der Waals surface area contributed by atoms with E-state index in [1.165, 1.54) is 22.0 Å². The fourth-order valence-corrected chi connectivity index (χ4v) is 1.47. The molecule has 0 aliphatic carbocycles. The van der Waals surface area contributed by atoms with Gasteiger partial charge < -0.3 is 5.32 Å². The van der Waals surface area contributed by atoms with Crippen LogP contribution in [0.2, 0.25) is 0 Å². The monoisotopic (exact) mass is 241 g/mol. The van der Waals surface area contributed by atoms with E-state index >= 15 is 0 Å². The number of nitrogens with one attached hydrogen (secondary N) is 1. The van der Waals surface area contributed by atoms with Crippen LogP contribution in [0.5, 0.6) is 0 Å². The third kappa shape index (κ3) is 3.49. The highest BCUT2D eigenvalue weighted by atomic mass is 79.9. The summed E-state index contributed by atoms with van der Waals surface area (Å²) in [6.07, 6.45) is 1.19. The van der Waals surface area contributed by atoms with Crippen LogP contribution in [0.1, 0.15) is 24.5 Å². The van der Waals surface area contributed by atoms with Gasteiger partial charge in [-0.25, -0.2) is 0 Å². The summed E-state index contributed by atoms with van der Waals surface area (Å²) in [4.78, 5) is 0. The summed E-state index contributed by atoms with van der Waals surface area (Å²) in [6, 6.07) is 6.48. The molecule has 0 unspecified atom stereocenters. The standard InChI is InChI=1S/C11H16BrN/c1-3-6-13-8-10-4-5-11(12)9(2)7-10/h4-5,7,13H,3,6,8H2,1-2H3. The summed E-state index contributed by atoms with van der Waals surface area (Å²) in [5, 5.41) is 3.38. The highest BCUT2D eigenvalue weighted by Crippen LogP contribution is 2.16. The molecule has 0 radical (unpaired) electrons. The van der Waals surface area contributed by atoms with E-state index in [1.54, 1.807) is 0 Å². The van der Waals surface area contributed by atoms with Gasteiger partial charge in [-0.3, -0.25) is 0 Å². The van der Waals surface area contributed by atoms with Crippen LogP contribution < -0.4 is 5.32 Å². The Morgan fingerprint density at radius 1 is 1.38 bits per heavy atom. The summed E-state index contributed by atoms with van der Waals surface area (Å²) in [7, 11) is 0. The van der Waals surface area contributed by atoms with Crippen molar-refractivity contribution in [2.45, 2.75) is 26.8 Å². The minimum absolute atomic E-state index is 0.974. The molecule has 0 aliphatic heterocycles. The zero-order valence-electron chi connectivity index (χ0n) is 8.23. The topological polar surface area (TPSA) is 12.0 Å². The third-order valence-corrected chi connectivity index (χ3v) is 2.87. The summed E-state index contributed by atoms with van der Waals surface area (Å²) in [5.74, 6) is 0. The largest absolute Gasteiger partial charge is 0.313 e. The van der Waals surface area contributed by atoms with E-state index < -0.39 is 0 Å². The van der Waals surface area contributed by atoms with Crippen LogP contribution in [0.4, 0.5) is 0 Å². The number of hydrogen-bond acceptors (Lipinski definition) is 1. The minimum Gasteiger partial charge on any atom is -0.313 e. The second kappa shape index (κ2) is 5.40. The van der Waals surface area contributed by atoms with Gasteiger partial charge in [0.25, 0.3) is 0 Å². The predicted octanol–water partition coefficient (Wildman–Crippen LogP) is 3.26. The zero-order valence-corrected chi connectivity index (χ0v) is 9.82. The van der Waals surface area contributed by atoms with Gasteiger partial charge in [0.15, 0.2) is 0 Å². The molecule has 1 nitrogen and oxygen atoms in total. The number of benzene rings is 1. The Hall–Kier alpha value is -0.340. The van der Waals surface area contributed by atoms with Crippen LogP contribution in [-0.2, 0) is 6.54 Å². The molecule has 1 N–H and O–H groups in total. The van der Waals surface area contributed by atoms with Gasteiger partial charge in [0, 0.05) is 11.0 Å². The normalized spacial score (nSPS) is 10.4. The Labute approximate surface area is 88.7 Å². The first-order valence-electron chi connectivity index (χ1n) is 4.69. The first kappa shape index (κ1) is 10.7. The van der Waals surface area contributed by atoms with Gasteiger partial charge in [0.05, 0.1) is 0 Å². The molecule has 0 spiro atoms. The molecule has 0 atom stereocenters. The molecule has 0 aliphatic rings. The Morgan fingerprint density at radius 2 is 2.15 bits per heavy atom. The van der Waals surface area contributed by atoms with Crippen molar-refractivity contribution in [2.24, 2.45) is 0 Å². The quantitative estimate of drug-likeness (QED) is 0.799. The Bertz CT molecular complexity index is 271. The Kier molecular flexibility index (Phi) is 4.46. The first-order chi connectivity index (χ1) is 6.24. The predicted molar refractivity (Wildman–Crippen MR) is 60.9 cm³/mol. The molecule has 0 saturated heterocycles. The van der Waals surface area contributed by atoms with Crippen LogP contribution in [0, 0.1) is 6.92 Å². The first-order valence-corrected chi connectivity index (χ1v) is 5.49. The van der Waals surface area contributed by atoms with Crippen molar-refractivity contribution in [3.8, 4) is 0 Å². The van der Waals surface area contributed by atoms with Crippen LogP contribution in [0.15, 0.2) is 22.7 Å². The van der Waals surface area contributed by atoms with E-state index in [0.29, 0.717) is 0 Å². The molecular formula is C11H16BrN.